The molecule has 0 bridgehead atoms. The highest BCUT2D eigenvalue weighted by Gasteiger charge is 2.18. The Kier molecular flexibility index (Phi) is 9.67. The van der Waals surface area contributed by atoms with Crippen molar-refractivity contribution in [2.75, 3.05) is 7.11 Å². The van der Waals surface area contributed by atoms with Crippen LogP contribution < -0.4 is 10.1 Å². The summed E-state index contributed by atoms with van der Waals surface area (Å²) in [7, 11) is 3.65. The Bertz CT molecular complexity index is 895. The highest BCUT2D eigenvalue weighted by molar-refractivity contribution is 5.95. The second-order valence-electron chi connectivity index (χ2n) is 5.89. The van der Waals surface area contributed by atoms with E-state index in [1.165, 1.54) is 0 Å². The first-order chi connectivity index (χ1) is 13.7. The Morgan fingerprint density at radius 1 is 1.21 bits per heavy atom. The van der Waals surface area contributed by atoms with Crippen molar-refractivity contribution in [2.45, 2.75) is 47.1 Å². The van der Waals surface area contributed by atoms with E-state index in [0.29, 0.717) is 5.56 Å². The fraction of sp³-hybridized carbons (Fsp3) is 0.375. The number of aromatic nitrogens is 1. The van der Waals surface area contributed by atoms with E-state index < -0.39 is 0 Å². The molecule has 28 heavy (non-hydrogen) atoms. The number of nitriles is 1. The Labute approximate surface area is 169 Å². The minimum atomic E-state index is 0.239. The molecule has 0 spiro atoms. The lowest BCUT2D eigenvalue weighted by Gasteiger charge is -2.08. The minimum absolute atomic E-state index is 0.239. The second kappa shape index (κ2) is 11.7. The zero-order valence-electron chi connectivity index (χ0n) is 18.2. The average Bonchev–Trinajstić information content (AvgIpc) is 3.08. The maximum atomic E-state index is 9.75. The summed E-state index contributed by atoms with van der Waals surface area (Å²) in [4.78, 5) is 0. The topological polar surface area (TPSA) is 50.0 Å². The van der Waals surface area contributed by atoms with Gasteiger partial charge in [-0.25, -0.2) is 0 Å². The molecular weight excluding hydrogens is 346 g/mol. The van der Waals surface area contributed by atoms with Crippen molar-refractivity contribution in [3.8, 4) is 11.8 Å². The van der Waals surface area contributed by atoms with Crippen LogP contribution in [0.5, 0.6) is 5.75 Å². The number of allylic oxidation sites excluding steroid dienone is 4. The summed E-state index contributed by atoms with van der Waals surface area (Å²) in [5.41, 5.74) is 3.70. The zero-order valence-corrected chi connectivity index (χ0v) is 18.2. The summed E-state index contributed by atoms with van der Waals surface area (Å²) in [6, 6.07) is 8.46. The molecule has 0 saturated heterocycles. The summed E-state index contributed by atoms with van der Waals surface area (Å²) in [6.45, 7) is 10.1. The Morgan fingerprint density at radius 3 is 2.57 bits per heavy atom. The number of rotatable bonds is 2. The van der Waals surface area contributed by atoms with Gasteiger partial charge in [0.15, 0.2) is 0 Å². The van der Waals surface area contributed by atoms with Gasteiger partial charge in [-0.05, 0) is 37.3 Å². The van der Waals surface area contributed by atoms with E-state index in [1.807, 2.05) is 59.1 Å². The van der Waals surface area contributed by atoms with Crippen LogP contribution >= 0.6 is 0 Å². The third kappa shape index (κ3) is 5.07. The number of ether oxygens (including phenoxy) is 1. The third-order valence-electron chi connectivity index (χ3n) is 4.31. The number of aryl methyl sites for hydroxylation is 1. The van der Waals surface area contributed by atoms with Gasteiger partial charge >= 0.3 is 0 Å². The Hall–Kier alpha value is -2.93. The van der Waals surface area contributed by atoms with E-state index in [0.717, 1.165) is 34.3 Å². The molecule has 1 aliphatic rings. The van der Waals surface area contributed by atoms with Gasteiger partial charge in [-0.3, -0.25) is 0 Å². The number of hydrogen-bond acceptors (Lipinski definition) is 3. The summed E-state index contributed by atoms with van der Waals surface area (Å²) < 4.78 is 7.41. The molecule has 4 nitrogen and oxygen atoms in total. The predicted molar refractivity (Wildman–Crippen MR) is 120 cm³/mol. The summed E-state index contributed by atoms with van der Waals surface area (Å²) >= 11 is 0. The predicted octanol–water partition coefficient (Wildman–Crippen LogP) is 5.95. The zero-order chi connectivity index (χ0) is 21.1. The van der Waals surface area contributed by atoms with Crippen LogP contribution in [0.1, 0.15) is 52.3 Å². The van der Waals surface area contributed by atoms with Gasteiger partial charge in [-0.2, -0.15) is 5.26 Å². The van der Waals surface area contributed by atoms with Crippen LogP contribution in [-0.2, 0) is 7.05 Å². The summed E-state index contributed by atoms with van der Waals surface area (Å²) in [5.74, 6) is 0.791. The molecule has 1 aromatic carbocycles. The molecule has 1 aromatic heterocycles. The standard InChI is InChI=1S/C20H21N3O.2C2H6/c1-14-7-8-15(6-4-5-11-22-14)20-18(13-21)17-10-9-16(24-3)12-19(17)23(20)2;2*1-2/h5-12,14,22H,4H2,1-3H3;2*1-2H3/b8-7-,11-5-,15-6+;;. The van der Waals surface area contributed by atoms with Gasteiger partial charge in [0.05, 0.1) is 23.9 Å². The van der Waals surface area contributed by atoms with Crippen molar-refractivity contribution in [1.82, 2.24) is 9.88 Å². The van der Waals surface area contributed by atoms with Crippen molar-refractivity contribution in [3.63, 3.8) is 0 Å². The molecule has 1 atom stereocenters. The van der Waals surface area contributed by atoms with Crippen LogP contribution in [0.2, 0.25) is 0 Å². The summed E-state index contributed by atoms with van der Waals surface area (Å²) in [5, 5.41) is 14.0. The maximum Gasteiger partial charge on any atom is 0.120 e. The van der Waals surface area contributed by atoms with Crippen molar-refractivity contribution < 1.29 is 4.74 Å². The monoisotopic (exact) mass is 379 g/mol. The van der Waals surface area contributed by atoms with Gasteiger partial charge in [-0.1, -0.05) is 52.0 Å². The van der Waals surface area contributed by atoms with Gasteiger partial charge < -0.3 is 14.6 Å². The van der Waals surface area contributed by atoms with Gasteiger partial charge in [0.1, 0.15) is 11.8 Å². The minimum Gasteiger partial charge on any atom is -0.497 e. The lowest BCUT2D eigenvalue weighted by molar-refractivity contribution is 0.415. The molecule has 1 N–H and O–H groups in total. The van der Waals surface area contributed by atoms with Crippen LogP contribution in [-0.4, -0.2) is 17.7 Å². The number of methoxy groups -OCH3 is 1. The van der Waals surface area contributed by atoms with Gasteiger partial charge in [0, 0.05) is 24.5 Å². The smallest absolute Gasteiger partial charge is 0.120 e. The fourth-order valence-electron chi connectivity index (χ4n) is 3.02. The first kappa shape index (κ1) is 23.1. The molecule has 2 aromatic rings. The SMILES string of the molecule is CC.CC.COc1ccc2c(C#N)c(C3=C/C/C=C\NC(C)/C=C\3)n(C)c2c1. The molecule has 2 heterocycles. The lowest BCUT2D eigenvalue weighted by Crippen LogP contribution is -2.16. The number of fused-ring (bicyclic) bond motifs is 1. The molecule has 4 heteroatoms. The number of nitrogens with one attached hydrogen (secondary N) is 1. The lowest BCUT2D eigenvalue weighted by atomic mass is 10.0. The van der Waals surface area contributed by atoms with Gasteiger partial charge in [0.2, 0.25) is 0 Å². The molecule has 0 saturated carbocycles. The molecule has 0 amide bonds. The second-order valence-corrected chi connectivity index (χ2v) is 5.89. The van der Waals surface area contributed by atoms with Crippen molar-refractivity contribution >= 4 is 16.5 Å². The van der Waals surface area contributed by atoms with E-state index in [2.05, 4.69) is 47.2 Å². The first-order valence-corrected chi connectivity index (χ1v) is 10.0. The molecule has 1 unspecified atom stereocenters. The molecule has 0 aliphatic carbocycles. The van der Waals surface area contributed by atoms with Crippen LogP contribution in [0.4, 0.5) is 0 Å². The van der Waals surface area contributed by atoms with Crippen LogP contribution in [0, 0.1) is 11.3 Å². The van der Waals surface area contributed by atoms with Crippen molar-refractivity contribution in [1.29, 1.82) is 5.26 Å². The van der Waals surface area contributed by atoms with Crippen LogP contribution in [0.15, 0.2) is 48.7 Å². The van der Waals surface area contributed by atoms with Crippen molar-refractivity contribution in [2.24, 2.45) is 7.05 Å². The average molecular weight is 380 g/mol. The molecule has 3 rings (SSSR count). The number of nitrogens with zero attached hydrogens (tertiary/aromatic N) is 2. The molecule has 0 radical (unpaired) electrons. The summed E-state index contributed by atoms with van der Waals surface area (Å²) in [6.07, 6.45) is 11.2. The molecule has 1 aliphatic heterocycles. The number of hydrogen-bond donors (Lipinski definition) is 1. The molecular formula is C24H33N3O. The van der Waals surface area contributed by atoms with E-state index in [1.54, 1.807) is 7.11 Å². The first-order valence-electron chi connectivity index (χ1n) is 10.0. The largest absolute Gasteiger partial charge is 0.497 e. The van der Waals surface area contributed by atoms with Gasteiger partial charge in [0.25, 0.3) is 0 Å². The normalized spacial score (nSPS) is 19.5. The highest BCUT2D eigenvalue weighted by atomic mass is 16.5. The van der Waals surface area contributed by atoms with E-state index >= 15 is 0 Å². The van der Waals surface area contributed by atoms with E-state index in [9.17, 15) is 5.26 Å². The van der Waals surface area contributed by atoms with Crippen LogP contribution in [0.25, 0.3) is 16.5 Å². The maximum absolute atomic E-state index is 9.75. The number of benzene rings is 1. The van der Waals surface area contributed by atoms with Crippen LogP contribution in [0.3, 0.4) is 0 Å². The van der Waals surface area contributed by atoms with Crippen molar-refractivity contribution in [3.05, 3.63) is 60.0 Å². The molecule has 150 valence electrons. The molecule has 0 fully saturated rings. The quantitative estimate of drug-likeness (QED) is 0.702. The Balaban J connectivity index is 0.000000921. The van der Waals surface area contributed by atoms with Gasteiger partial charge in [-0.15, -0.1) is 0 Å². The fourth-order valence-corrected chi connectivity index (χ4v) is 3.02. The highest BCUT2D eigenvalue weighted by Crippen LogP contribution is 2.33. The third-order valence-corrected chi connectivity index (χ3v) is 4.31. The Morgan fingerprint density at radius 2 is 1.93 bits per heavy atom. The van der Waals surface area contributed by atoms with E-state index in [4.69, 9.17) is 4.74 Å². The van der Waals surface area contributed by atoms with E-state index in [-0.39, 0.29) is 6.04 Å².